The van der Waals surface area contributed by atoms with Gasteiger partial charge in [-0.2, -0.15) is 0 Å². The van der Waals surface area contributed by atoms with Gasteiger partial charge in [0.05, 0.1) is 0 Å². The van der Waals surface area contributed by atoms with Crippen LogP contribution in [0.3, 0.4) is 0 Å². The maximum atomic E-state index is 4.25. The van der Waals surface area contributed by atoms with E-state index in [1.165, 1.54) is 5.56 Å². The van der Waals surface area contributed by atoms with Crippen LogP contribution in [-0.2, 0) is 13.1 Å². The maximum absolute atomic E-state index is 4.25. The van der Waals surface area contributed by atoms with Gasteiger partial charge in [-0.15, -0.1) is 11.3 Å². The Labute approximate surface area is 119 Å². The van der Waals surface area contributed by atoms with Crippen LogP contribution in [0.1, 0.15) is 17.0 Å². The van der Waals surface area contributed by atoms with Crippen molar-refractivity contribution in [3.63, 3.8) is 0 Å². The monoisotopic (exact) mass is 275 g/mol. The lowest BCUT2D eigenvalue weighted by atomic mass is 10.2. The fourth-order valence-corrected chi connectivity index (χ4v) is 2.57. The number of thiazole rings is 1. The number of nitrogens with one attached hydrogen (secondary N) is 1. The lowest BCUT2D eigenvalue weighted by Gasteiger charge is -2.16. The summed E-state index contributed by atoms with van der Waals surface area (Å²) in [5.41, 5.74) is 1.38. The first-order valence-corrected chi connectivity index (χ1v) is 7.54. The van der Waals surface area contributed by atoms with Crippen LogP contribution < -0.4 is 5.32 Å². The molecular formula is C15H21N3S. The van der Waals surface area contributed by atoms with Crippen LogP contribution in [0.15, 0.2) is 41.9 Å². The Morgan fingerprint density at radius 2 is 2.11 bits per heavy atom. The van der Waals surface area contributed by atoms with Gasteiger partial charge < -0.3 is 10.2 Å². The number of hydrogen-bond donors (Lipinski definition) is 1. The molecule has 1 aromatic heterocycles. The number of nitrogens with zero attached hydrogens (tertiary/aromatic N) is 2. The van der Waals surface area contributed by atoms with E-state index in [1.807, 2.05) is 11.6 Å². The minimum atomic E-state index is 0.889. The minimum Gasteiger partial charge on any atom is -0.310 e. The molecule has 2 rings (SSSR count). The summed E-state index contributed by atoms with van der Waals surface area (Å²) in [4.78, 5) is 6.61. The van der Waals surface area contributed by atoms with E-state index in [9.17, 15) is 0 Å². The largest absolute Gasteiger partial charge is 0.310 e. The zero-order valence-corrected chi connectivity index (χ0v) is 12.2. The van der Waals surface area contributed by atoms with Crippen LogP contribution in [0.5, 0.6) is 0 Å². The molecule has 0 bridgehead atoms. The predicted molar refractivity (Wildman–Crippen MR) is 81.2 cm³/mol. The molecule has 1 heterocycles. The molecule has 102 valence electrons. The van der Waals surface area contributed by atoms with Crippen LogP contribution in [0.25, 0.3) is 0 Å². The van der Waals surface area contributed by atoms with Gasteiger partial charge in [0.25, 0.3) is 0 Å². The van der Waals surface area contributed by atoms with Gasteiger partial charge in [-0.1, -0.05) is 30.3 Å². The summed E-state index contributed by atoms with van der Waals surface area (Å²) in [6, 6.07) is 10.6. The molecule has 0 spiro atoms. The van der Waals surface area contributed by atoms with Crippen LogP contribution >= 0.6 is 11.3 Å². The molecule has 3 nitrogen and oxygen atoms in total. The molecule has 0 atom stereocenters. The highest BCUT2D eigenvalue weighted by Crippen LogP contribution is 2.04. The van der Waals surface area contributed by atoms with Gasteiger partial charge in [0, 0.05) is 24.7 Å². The van der Waals surface area contributed by atoms with Gasteiger partial charge in [-0.05, 0) is 32.1 Å². The van der Waals surface area contributed by atoms with E-state index in [2.05, 4.69) is 52.6 Å². The van der Waals surface area contributed by atoms with E-state index in [0.29, 0.717) is 0 Å². The number of aromatic nitrogens is 1. The predicted octanol–water partition coefficient (Wildman–Crippen LogP) is 2.75. The molecule has 0 aliphatic carbocycles. The highest BCUT2D eigenvalue weighted by Gasteiger charge is 2.00. The molecule has 4 heteroatoms. The minimum absolute atomic E-state index is 0.889. The summed E-state index contributed by atoms with van der Waals surface area (Å²) in [5.74, 6) is 0. The average molecular weight is 275 g/mol. The summed E-state index contributed by atoms with van der Waals surface area (Å²) >= 11 is 1.71. The maximum Gasteiger partial charge on any atom is 0.106 e. The van der Waals surface area contributed by atoms with Crippen molar-refractivity contribution >= 4 is 11.3 Å². The Kier molecular flexibility index (Phi) is 6.01. The Morgan fingerprint density at radius 3 is 2.84 bits per heavy atom. The molecule has 0 radical (unpaired) electrons. The standard InChI is InChI=1S/C15H21N3S/c1-18(13-14-6-3-2-4-7-14)10-5-8-16-12-15-17-9-11-19-15/h2-4,6-7,9,11,16H,5,8,10,12-13H2,1H3. The second-order valence-corrected chi connectivity index (χ2v) is 5.66. The number of rotatable bonds is 8. The quantitative estimate of drug-likeness (QED) is 0.751. The van der Waals surface area contributed by atoms with Crippen LogP contribution in [0, 0.1) is 0 Å². The van der Waals surface area contributed by atoms with E-state index in [4.69, 9.17) is 0 Å². The topological polar surface area (TPSA) is 28.2 Å². The van der Waals surface area contributed by atoms with Crippen molar-refractivity contribution in [1.82, 2.24) is 15.2 Å². The lowest BCUT2D eigenvalue weighted by Crippen LogP contribution is -2.23. The highest BCUT2D eigenvalue weighted by molar-refractivity contribution is 7.09. The van der Waals surface area contributed by atoms with Crippen molar-refractivity contribution in [2.45, 2.75) is 19.5 Å². The summed E-state index contributed by atoms with van der Waals surface area (Å²) in [5, 5.41) is 6.61. The third-order valence-electron chi connectivity index (χ3n) is 2.95. The van der Waals surface area contributed by atoms with E-state index in [0.717, 1.165) is 37.6 Å². The molecule has 0 saturated heterocycles. The molecular weight excluding hydrogens is 254 g/mol. The second-order valence-electron chi connectivity index (χ2n) is 4.68. The van der Waals surface area contributed by atoms with Crippen molar-refractivity contribution in [3.05, 3.63) is 52.5 Å². The van der Waals surface area contributed by atoms with Crippen LogP contribution in [0.2, 0.25) is 0 Å². The fraction of sp³-hybridized carbons (Fsp3) is 0.400. The molecule has 1 N–H and O–H groups in total. The Balaban J connectivity index is 1.55. The van der Waals surface area contributed by atoms with Crippen LogP contribution in [0.4, 0.5) is 0 Å². The average Bonchev–Trinajstić information content (AvgIpc) is 2.92. The summed E-state index contributed by atoms with van der Waals surface area (Å²) < 4.78 is 0. The fourth-order valence-electron chi connectivity index (χ4n) is 1.98. The zero-order chi connectivity index (χ0) is 13.3. The van der Waals surface area contributed by atoms with E-state index in [-0.39, 0.29) is 0 Å². The van der Waals surface area contributed by atoms with E-state index in [1.54, 1.807) is 11.3 Å². The van der Waals surface area contributed by atoms with E-state index >= 15 is 0 Å². The van der Waals surface area contributed by atoms with E-state index < -0.39 is 0 Å². The summed E-state index contributed by atoms with van der Waals surface area (Å²) in [7, 11) is 2.17. The molecule has 0 saturated carbocycles. The molecule has 19 heavy (non-hydrogen) atoms. The third-order valence-corrected chi connectivity index (χ3v) is 3.73. The third kappa shape index (κ3) is 5.51. The Morgan fingerprint density at radius 1 is 1.26 bits per heavy atom. The van der Waals surface area contributed by atoms with Crippen molar-refractivity contribution in [3.8, 4) is 0 Å². The first-order valence-electron chi connectivity index (χ1n) is 6.66. The number of benzene rings is 1. The van der Waals surface area contributed by atoms with Gasteiger partial charge in [0.1, 0.15) is 5.01 Å². The first-order chi connectivity index (χ1) is 9.34. The second kappa shape index (κ2) is 8.04. The first kappa shape index (κ1) is 14.2. The summed E-state index contributed by atoms with van der Waals surface area (Å²) in [6.07, 6.45) is 3.02. The molecule has 0 aliphatic rings. The molecule has 0 fully saturated rings. The van der Waals surface area contributed by atoms with Crippen molar-refractivity contribution < 1.29 is 0 Å². The van der Waals surface area contributed by atoms with Crippen molar-refractivity contribution in [2.75, 3.05) is 20.1 Å². The molecule has 1 aromatic carbocycles. The Bertz CT molecular complexity index is 442. The van der Waals surface area contributed by atoms with Gasteiger partial charge in [-0.25, -0.2) is 4.98 Å². The Hall–Kier alpha value is -1.23. The molecule has 0 unspecified atom stereocenters. The molecule has 2 aromatic rings. The van der Waals surface area contributed by atoms with Crippen molar-refractivity contribution in [1.29, 1.82) is 0 Å². The normalized spacial score (nSPS) is 11.1. The number of hydrogen-bond acceptors (Lipinski definition) is 4. The van der Waals surface area contributed by atoms with Gasteiger partial charge in [0.2, 0.25) is 0 Å². The van der Waals surface area contributed by atoms with Crippen LogP contribution in [-0.4, -0.2) is 30.0 Å². The molecule has 0 amide bonds. The zero-order valence-electron chi connectivity index (χ0n) is 11.4. The van der Waals surface area contributed by atoms with Gasteiger partial charge in [-0.3, -0.25) is 0 Å². The highest BCUT2D eigenvalue weighted by atomic mass is 32.1. The molecule has 0 aliphatic heterocycles. The lowest BCUT2D eigenvalue weighted by molar-refractivity contribution is 0.319. The van der Waals surface area contributed by atoms with Crippen molar-refractivity contribution in [2.24, 2.45) is 0 Å². The summed E-state index contributed by atoms with van der Waals surface area (Å²) in [6.45, 7) is 4.06. The van der Waals surface area contributed by atoms with Gasteiger partial charge >= 0.3 is 0 Å². The SMILES string of the molecule is CN(CCCNCc1nccs1)Cc1ccccc1. The smallest absolute Gasteiger partial charge is 0.106 e. The van der Waals surface area contributed by atoms with Gasteiger partial charge in [0.15, 0.2) is 0 Å².